The van der Waals surface area contributed by atoms with Gasteiger partial charge in [-0.3, -0.25) is 4.79 Å². The Morgan fingerprint density at radius 2 is 2.04 bits per heavy atom. The highest BCUT2D eigenvalue weighted by Crippen LogP contribution is 2.45. The average Bonchev–Trinajstić information content (AvgIpc) is 3.35. The molecule has 0 bridgehead atoms. The Labute approximate surface area is 149 Å². The number of halogens is 1. The van der Waals surface area contributed by atoms with Crippen LogP contribution in [0.2, 0.25) is 0 Å². The van der Waals surface area contributed by atoms with Crippen LogP contribution in [0, 0.1) is 5.82 Å². The molecule has 5 rings (SSSR count). The first kappa shape index (κ1) is 14.7. The van der Waals surface area contributed by atoms with Crippen molar-refractivity contribution in [2.75, 3.05) is 0 Å². The Balaban J connectivity index is 1.74. The van der Waals surface area contributed by atoms with Gasteiger partial charge < -0.3 is 4.74 Å². The van der Waals surface area contributed by atoms with Gasteiger partial charge in [0.05, 0.1) is 10.4 Å². The van der Waals surface area contributed by atoms with E-state index in [0.29, 0.717) is 22.8 Å². The molecule has 5 nitrogen and oxygen atoms in total. The zero-order valence-corrected chi connectivity index (χ0v) is 14.3. The zero-order chi connectivity index (χ0) is 17.0. The van der Waals surface area contributed by atoms with Crippen LogP contribution in [-0.2, 0) is 12.0 Å². The summed E-state index contributed by atoms with van der Waals surface area (Å²) in [5.74, 6) is 0.00970. The monoisotopic (exact) mass is 371 g/mol. The third-order valence-corrected chi connectivity index (χ3v) is 6.02. The van der Waals surface area contributed by atoms with Crippen LogP contribution in [0.5, 0.6) is 5.88 Å². The van der Waals surface area contributed by atoms with Gasteiger partial charge in [-0.1, -0.05) is 29.5 Å². The molecule has 4 heterocycles. The highest BCUT2D eigenvalue weighted by Gasteiger charge is 2.46. The summed E-state index contributed by atoms with van der Waals surface area (Å²) in [7, 11) is 0. The Kier molecular flexibility index (Phi) is 3.07. The lowest BCUT2D eigenvalue weighted by atomic mass is 9.88. The standard InChI is InChI=1S/C17H10FN3O2S2/c18-11-5-3-10(4-6-11)17(13-2-1-7-24-13)8-12-14(23-17)20-16-21(15(12)22)19-9-25-16/h1-7,9H,8H2. The minimum atomic E-state index is -0.875. The fraction of sp³-hybridized carbons (Fsp3) is 0.118. The molecule has 4 aromatic rings. The van der Waals surface area contributed by atoms with Crippen molar-refractivity contribution in [1.29, 1.82) is 0 Å². The van der Waals surface area contributed by atoms with Crippen LogP contribution in [0.1, 0.15) is 16.0 Å². The van der Waals surface area contributed by atoms with Crippen LogP contribution in [0.4, 0.5) is 4.39 Å². The molecule has 25 heavy (non-hydrogen) atoms. The molecule has 124 valence electrons. The summed E-state index contributed by atoms with van der Waals surface area (Å²) in [5, 5.41) is 6.00. The second kappa shape index (κ2) is 5.21. The predicted octanol–water partition coefficient (Wildman–Crippen LogP) is 3.23. The van der Waals surface area contributed by atoms with Crippen LogP contribution in [0.3, 0.4) is 0 Å². The van der Waals surface area contributed by atoms with E-state index in [-0.39, 0.29) is 11.4 Å². The van der Waals surface area contributed by atoms with Crippen molar-refractivity contribution in [3.8, 4) is 5.88 Å². The number of aromatic nitrogens is 3. The molecule has 0 aliphatic carbocycles. The number of rotatable bonds is 2. The van der Waals surface area contributed by atoms with Gasteiger partial charge in [-0.05, 0) is 23.6 Å². The summed E-state index contributed by atoms with van der Waals surface area (Å²) in [5.41, 5.74) is 1.75. The molecular weight excluding hydrogens is 361 g/mol. The normalized spacial score (nSPS) is 19.1. The van der Waals surface area contributed by atoms with Gasteiger partial charge in [0, 0.05) is 12.0 Å². The van der Waals surface area contributed by atoms with E-state index in [0.717, 1.165) is 10.4 Å². The number of hydrogen-bond acceptors (Lipinski definition) is 6. The second-order valence-corrected chi connectivity index (χ2v) is 7.48. The van der Waals surface area contributed by atoms with Crippen molar-refractivity contribution in [2.24, 2.45) is 0 Å². The van der Waals surface area contributed by atoms with E-state index in [1.807, 2.05) is 17.5 Å². The fourth-order valence-corrected chi connectivity index (χ4v) is 4.64. The lowest BCUT2D eigenvalue weighted by Crippen LogP contribution is -2.32. The van der Waals surface area contributed by atoms with Crippen LogP contribution >= 0.6 is 22.7 Å². The first-order valence-electron chi connectivity index (χ1n) is 7.52. The van der Waals surface area contributed by atoms with E-state index in [1.165, 1.54) is 39.3 Å². The topological polar surface area (TPSA) is 56.5 Å². The highest BCUT2D eigenvalue weighted by atomic mass is 32.1. The molecule has 0 radical (unpaired) electrons. The van der Waals surface area contributed by atoms with E-state index in [2.05, 4.69) is 10.1 Å². The summed E-state index contributed by atoms with van der Waals surface area (Å²) in [6.07, 6.45) is 0.334. The summed E-state index contributed by atoms with van der Waals surface area (Å²) < 4.78 is 21.0. The smallest absolute Gasteiger partial charge is 0.282 e. The maximum atomic E-state index is 13.4. The second-order valence-electron chi connectivity index (χ2n) is 5.72. The van der Waals surface area contributed by atoms with Crippen molar-refractivity contribution >= 4 is 27.6 Å². The number of benzene rings is 1. The molecule has 8 heteroatoms. The molecular formula is C17H10FN3O2S2. The van der Waals surface area contributed by atoms with Gasteiger partial charge in [0.25, 0.3) is 5.56 Å². The largest absolute Gasteiger partial charge is 0.460 e. The van der Waals surface area contributed by atoms with E-state index in [9.17, 15) is 9.18 Å². The van der Waals surface area contributed by atoms with Crippen molar-refractivity contribution < 1.29 is 9.13 Å². The molecule has 0 amide bonds. The van der Waals surface area contributed by atoms with Crippen molar-refractivity contribution in [1.82, 2.24) is 14.6 Å². The third kappa shape index (κ3) is 2.07. The molecule has 1 aliphatic heterocycles. The number of hydrogen-bond donors (Lipinski definition) is 0. The maximum Gasteiger partial charge on any atom is 0.282 e. The van der Waals surface area contributed by atoms with Gasteiger partial charge in [-0.15, -0.1) is 11.3 Å². The van der Waals surface area contributed by atoms with Gasteiger partial charge >= 0.3 is 0 Å². The summed E-state index contributed by atoms with van der Waals surface area (Å²) in [6, 6.07) is 10.1. The Morgan fingerprint density at radius 3 is 2.80 bits per heavy atom. The molecule has 3 aromatic heterocycles. The first-order valence-corrected chi connectivity index (χ1v) is 9.28. The van der Waals surface area contributed by atoms with E-state index >= 15 is 0 Å². The van der Waals surface area contributed by atoms with Crippen molar-refractivity contribution in [3.63, 3.8) is 0 Å². The van der Waals surface area contributed by atoms with Gasteiger partial charge in [0.2, 0.25) is 10.8 Å². The summed E-state index contributed by atoms with van der Waals surface area (Å²) in [4.78, 5) is 18.6. The average molecular weight is 371 g/mol. The molecule has 0 saturated heterocycles. The lowest BCUT2D eigenvalue weighted by molar-refractivity contribution is 0.139. The number of ether oxygens (including phenoxy) is 1. The molecule has 0 spiro atoms. The highest BCUT2D eigenvalue weighted by molar-refractivity contribution is 7.14. The zero-order valence-electron chi connectivity index (χ0n) is 12.7. The summed E-state index contributed by atoms with van der Waals surface area (Å²) >= 11 is 2.81. The van der Waals surface area contributed by atoms with Gasteiger partial charge in [-0.2, -0.15) is 14.6 Å². The molecule has 0 fully saturated rings. The molecule has 1 aromatic carbocycles. The van der Waals surface area contributed by atoms with E-state index < -0.39 is 5.60 Å². The SMILES string of the molecule is O=c1c2c(nc3scnn13)OC(c1ccc(F)cc1)(c1cccs1)C2. The predicted molar refractivity (Wildman–Crippen MR) is 93.0 cm³/mol. The number of thiophene rings is 1. The fourth-order valence-electron chi connectivity index (χ4n) is 3.16. The first-order chi connectivity index (χ1) is 12.2. The van der Waals surface area contributed by atoms with E-state index in [4.69, 9.17) is 4.74 Å². The molecule has 1 atom stereocenters. The minimum Gasteiger partial charge on any atom is -0.460 e. The van der Waals surface area contributed by atoms with Crippen LogP contribution in [0.25, 0.3) is 4.96 Å². The number of fused-ring (bicyclic) bond motifs is 2. The van der Waals surface area contributed by atoms with Gasteiger partial charge in [0.15, 0.2) is 5.60 Å². The Bertz CT molecular complexity index is 1140. The molecule has 1 aliphatic rings. The third-order valence-electron chi connectivity index (χ3n) is 4.33. The van der Waals surface area contributed by atoms with Gasteiger partial charge in [-0.25, -0.2) is 4.39 Å². The van der Waals surface area contributed by atoms with E-state index in [1.54, 1.807) is 17.6 Å². The van der Waals surface area contributed by atoms with Crippen molar-refractivity contribution in [3.05, 3.63) is 79.5 Å². The molecule has 0 saturated carbocycles. The van der Waals surface area contributed by atoms with Crippen molar-refractivity contribution in [2.45, 2.75) is 12.0 Å². The summed E-state index contributed by atoms with van der Waals surface area (Å²) in [6.45, 7) is 0. The Hall–Kier alpha value is -2.58. The molecule has 0 N–H and O–H groups in total. The van der Waals surface area contributed by atoms with Crippen LogP contribution in [0.15, 0.2) is 52.1 Å². The minimum absolute atomic E-state index is 0.221. The van der Waals surface area contributed by atoms with Crippen LogP contribution in [-0.4, -0.2) is 14.6 Å². The maximum absolute atomic E-state index is 13.4. The number of nitrogens with zero attached hydrogens (tertiary/aromatic N) is 3. The van der Waals surface area contributed by atoms with Gasteiger partial charge in [0.1, 0.15) is 11.3 Å². The Morgan fingerprint density at radius 1 is 1.20 bits per heavy atom. The quantitative estimate of drug-likeness (QED) is 0.543. The molecule has 1 unspecified atom stereocenters. The lowest BCUT2D eigenvalue weighted by Gasteiger charge is -2.28. The van der Waals surface area contributed by atoms with Crippen LogP contribution < -0.4 is 10.3 Å².